The van der Waals surface area contributed by atoms with Crippen molar-refractivity contribution >= 4 is 66.6 Å². The number of carbonyl (C=O) groups excluding carboxylic acids is 2. The van der Waals surface area contributed by atoms with Crippen molar-refractivity contribution in [2.45, 2.75) is 52.4 Å². The lowest BCUT2D eigenvalue weighted by molar-refractivity contribution is 0.0894. The number of carbonyl (C=O) groups is 2. The summed E-state index contributed by atoms with van der Waals surface area (Å²) in [4.78, 5) is 56.9. The molecule has 5 heterocycles. The van der Waals surface area contributed by atoms with Gasteiger partial charge in [0, 0.05) is 32.7 Å². The third-order valence-corrected chi connectivity index (χ3v) is 8.47. The second-order valence-electron chi connectivity index (χ2n) is 10.0. The van der Waals surface area contributed by atoms with E-state index in [0.717, 1.165) is 49.9 Å². The molecule has 0 saturated carbocycles. The highest BCUT2D eigenvalue weighted by molar-refractivity contribution is 7.14. The molecule has 7 rings (SSSR count). The van der Waals surface area contributed by atoms with Crippen LogP contribution >= 0.6 is 11.3 Å². The summed E-state index contributed by atoms with van der Waals surface area (Å²) in [7, 11) is 0. The lowest BCUT2D eigenvalue weighted by atomic mass is 9.90. The van der Waals surface area contributed by atoms with Crippen molar-refractivity contribution in [3.05, 3.63) is 74.6 Å². The van der Waals surface area contributed by atoms with E-state index < -0.39 is 11.8 Å². The Labute approximate surface area is 227 Å². The Morgan fingerprint density at radius 2 is 1.41 bits per heavy atom. The molecule has 0 fully saturated rings. The maximum Gasteiger partial charge on any atom is 0.266 e. The zero-order chi connectivity index (χ0) is 26.8. The normalized spacial score (nSPS) is 13.6. The molecule has 0 spiro atoms. The number of imidazole rings is 1. The molecule has 6 aromatic rings. The van der Waals surface area contributed by atoms with Crippen molar-refractivity contribution in [1.82, 2.24) is 19.4 Å². The van der Waals surface area contributed by atoms with Crippen molar-refractivity contribution in [3.8, 4) is 0 Å². The maximum absolute atomic E-state index is 14.0. The molecular weight excluding hydrogens is 510 g/mol. The molecule has 0 unspecified atom stereocenters. The van der Waals surface area contributed by atoms with Gasteiger partial charge in [-0.15, -0.1) is 11.3 Å². The number of amides is 2. The second-order valence-corrected chi connectivity index (χ2v) is 10.9. The van der Waals surface area contributed by atoms with Gasteiger partial charge in [0.25, 0.3) is 17.4 Å². The number of hydrogen-bond donors (Lipinski definition) is 0. The largest absolute Gasteiger partial charge is 0.268 e. The minimum atomic E-state index is -0.394. The third kappa shape index (κ3) is 3.35. The molecule has 9 heteroatoms. The number of aryl methyl sites for hydroxylation is 2. The summed E-state index contributed by atoms with van der Waals surface area (Å²) in [5.74, 6) is -0.788. The van der Waals surface area contributed by atoms with Crippen molar-refractivity contribution < 1.29 is 9.59 Å². The number of pyridine rings is 1. The molecule has 0 aliphatic carbocycles. The van der Waals surface area contributed by atoms with Gasteiger partial charge in [0.1, 0.15) is 5.00 Å². The van der Waals surface area contributed by atoms with Crippen LogP contribution in [0.5, 0.6) is 0 Å². The Kier molecular flexibility index (Phi) is 5.45. The van der Waals surface area contributed by atoms with Crippen LogP contribution in [0.25, 0.3) is 38.5 Å². The van der Waals surface area contributed by atoms with E-state index >= 15 is 0 Å². The van der Waals surface area contributed by atoms with Gasteiger partial charge in [-0.25, -0.2) is 24.3 Å². The Morgan fingerprint density at radius 3 is 2.05 bits per heavy atom. The Bertz CT molecular complexity index is 1990. The molecule has 39 heavy (non-hydrogen) atoms. The van der Waals surface area contributed by atoms with Crippen LogP contribution in [-0.2, 0) is 12.8 Å². The average Bonchev–Trinajstić information content (AvgIpc) is 3.60. The van der Waals surface area contributed by atoms with Crippen molar-refractivity contribution in [1.29, 1.82) is 0 Å². The SMILES string of the molecule is CCCCc1nc2nc3c4ccc5c6c(ccc(c(=O)n3c2nc1CCCC)c64)C(=O)N(c1cccs1)C5=O. The molecule has 0 saturated heterocycles. The average molecular weight is 536 g/mol. The van der Waals surface area contributed by atoms with E-state index in [0.29, 0.717) is 54.6 Å². The summed E-state index contributed by atoms with van der Waals surface area (Å²) in [5, 5.41) is 4.61. The van der Waals surface area contributed by atoms with Gasteiger partial charge in [0.15, 0.2) is 16.9 Å². The molecule has 1 aliphatic rings. The van der Waals surface area contributed by atoms with Crippen LogP contribution in [0.2, 0.25) is 0 Å². The van der Waals surface area contributed by atoms with Gasteiger partial charge >= 0.3 is 0 Å². The number of benzene rings is 2. The zero-order valence-corrected chi connectivity index (χ0v) is 22.5. The Hall–Kier alpha value is -4.24. The monoisotopic (exact) mass is 535 g/mol. The summed E-state index contributed by atoms with van der Waals surface area (Å²) in [6.07, 6.45) is 5.71. The molecule has 1 aliphatic heterocycles. The molecule has 0 N–H and O–H groups in total. The van der Waals surface area contributed by atoms with Crippen LogP contribution in [0.1, 0.15) is 71.6 Å². The van der Waals surface area contributed by atoms with E-state index in [1.165, 1.54) is 16.2 Å². The predicted octanol–water partition coefficient (Wildman–Crippen LogP) is 5.93. The number of thiophene rings is 1. The molecule has 0 atom stereocenters. The number of anilines is 1. The molecule has 2 aromatic carbocycles. The smallest absolute Gasteiger partial charge is 0.266 e. The number of hydrogen-bond acceptors (Lipinski definition) is 7. The van der Waals surface area contributed by atoms with Crippen LogP contribution in [0.15, 0.2) is 46.6 Å². The van der Waals surface area contributed by atoms with Crippen LogP contribution in [0, 0.1) is 0 Å². The number of nitrogens with zero attached hydrogens (tertiary/aromatic N) is 5. The first-order chi connectivity index (χ1) is 19.0. The summed E-state index contributed by atoms with van der Waals surface area (Å²) < 4.78 is 1.55. The minimum Gasteiger partial charge on any atom is -0.268 e. The first kappa shape index (κ1) is 23.8. The van der Waals surface area contributed by atoms with Gasteiger partial charge in [0.2, 0.25) is 0 Å². The van der Waals surface area contributed by atoms with Gasteiger partial charge in [0.05, 0.1) is 11.4 Å². The quantitative estimate of drug-likeness (QED) is 0.235. The number of aromatic nitrogens is 4. The lowest BCUT2D eigenvalue weighted by Gasteiger charge is -2.26. The van der Waals surface area contributed by atoms with E-state index in [2.05, 4.69) is 13.8 Å². The molecule has 0 bridgehead atoms. The van der Waals surface area contributed by atoms with E-state index in [1.54, 1.807) is 28.7 Å². The standard InChI is InChI=1S/C30H25N5O3S/c1-3-5-8-20-21(9-6-4-2)32-27-25(31-20)33-26-16-11-12-18-24-19(14-13-17(23(16)24)30(38)35(26)27)29(37)34(28(18)36)22-10-7-15-39-22/h7,10-15H,3-6,8-9H2,1-2H3. The number of rotatable bonds is 7. The van der Waals surface area contributed by atoms with Gasteiger partial charge < -0.3 is 0 Å². The fourth-order valence-corrected chi connectivity index (χ4v) is 6.41. The summed E-state index contributed by atoms with van der Waals surface area (Å²) in [6, 6.07) is 10.5. The van der Waals surface area contributed by atoms with E-state index in [-0.39, 0.29) is 5.56 Å². The zero-order valence-electron chi connectivity index (χ0n) is 21.7. The number of unbranched alkanes of at least 4 members (excludes halogenated alkanes) is 2. The summed E-state index contributed by atoms with van der Waals surface area (Å²) in [6.45, 7) is 4.29. The van der Waals surface area contributed by atoms with Crippen LogP contribution in [-0.4, -0.2) is 31.2 Å². The van der Waals surface area contributed by atoms with Crippen LogP contribution in [0.4, 0.5) is 5.00 Å². The van der Waals surface area contributed by atoms with E-state index in [1.807, 2.05) is 17.5 Å². The maximum atomic E-state index is 14.0. The first-order valence-corrected chi connectivity index (χ1v) is 14.3. The number of imide groups is 1. The van der Waals surface area contributed by atoms with Crippen LogP contribution < -0.4 is 10.5 Å². The van der Waals surface area contributed by atoms with Gasteiger partial charge in [-0.1, -0.05) is 26.7 Å². The molecular formula is C30H25N5O3S. The highest BCUT2D eigenvalue weighted by Crippen LogP contribution is 2.39. The topological polar surface area (TPSA) is 97.5 Å². The molecule has 8 nitrogen and oxygen atoms in total. The Balaban J connectivity index is 1.53. The number of fused-ring (bicyclic) bond motifs is 4. The fourth-order valence-electron chi connectivity index (χ4n) is 5.69. The predicted molar refractivity (Wildman–Crippen MR) is 153 cm³/mol. The van der Waals surface area contributed by atoms with Crippen LogP contribution in [0.3, 0.4) is 0 Å². The first-order valence-electron chi connectivity index (χ1n) is 13.4. The molecule has 0 radical (unpaired) electrons. The summed E-state index contributed by atoms with van der Waals surface area (Å²) in [5.41, 5.74) is 3.73. The highest BCUT2D eigenvalue weighted by Gasteiger charge is 2.36. The lowest BCUT2D eigenvalue weighted by Crippen LogP contribution is -2.40. The van der Waals surface area contributed by atoms with Crippen molar-refractivity contribution in [3.63, 3.8) is 0 Å². The Morgan fingerprint density at radius 1 is 0.744 bits per heavy atom. The molecule has 4 aromatic heterocycles. The fraction of sp³-hybridized carbons (Fsp3) is 0.267. The molecule has 2 amide bonds. The highest BCUT2D eigenvalue weighted by atomic mass is 32.1. The summed E-state index contributed by atoms with van der Waals surface area (Å²) >= 11 is 1.33. The minimum absolute atomic E-state index is 0.277. The van der Waals surface area contributed by atoms with Crippen molar-refractivity contribution in [2.75, 3.05) is 4.90 Å². The second kappa shape index (κ2) is 8.91. The third-order valence-electron chi connectivity index (χ3n) is 7.61. The van der Waals surface area contributed by atoms with Gasteiger partial charge in [-0.05, 0) is 67.5 Å². The van der Waals surface area contributed by atoms with E-state index in [9.17, 15) is 14.4 Å². The van der Waals surface area contributed by atoms with E-state index in [4.69, 9.17) is 15.0 Å². The van der Waals surface area contributed by atoms with Crippen molar-refractivity contribution in [2.24, 2.45) is 0 Å². The molecule has 194 valence electrons. The van der Waals surface area contributed by atoms with Gasteiger partial charge in [-0.2, -0.15) is 0 Å². The van der Waals surface area contributed by atoms with Gasteiger partial charge in [-0.3, -0.25) is 14.4 Å².